The lowest BCUT2D eigenvalue weighted by Gasteiger charge is -2.06. The van der Waals surface area contributed by atoms with Gasteiger partial charge in [-0.3, -0.25) is 4.79 Å². The molecule has 3 nitrogen and oxygen atoms in total. The molecule has 0 aliphatic rings. The number of aryl methyl sites for hydroxylation is 1. The zero-order chi connectivity index (χ0) is 13.0. The Hall–Kier alpha value is -2.42. The second-order valence-electron chi connectivity index (χ2n) is 3.91. The van der Waals surface area contributed by atoms with Gasteiger partial charge in [0.1, 0.15) is 5.75 Å². The summed E-state index contributed by atoms with van der Waals surface area (Å²) < 4.78 is 5.21. The predicted molar refractivity (Wildman–Crippen MR) is 68.0 cm³/mol. The Morgan fingerprint density at radius 3 is 2.61 bits per heavy atom. The molecule has 0 heterocycles. The quantitative estimate of drug-likeness (QED) is 0.470. The lowest BCUT2D eigenvalue weighted by molar-refractivity contribution is 0.0733. The smallest absolute Gasteiger partial charge is 0.343 e. The SMILES string of the molecule is Cc1cccc(C(=O)Oc2ccccc2C=O)c1. The molecule has 3 heteroatoms. The van der Waals surface area contributed by atoms with Gasteiger partial charge in [0.15, 0.2) is 6.29 Å². The molecule has 2 rings (SSSR count). The number of esters is 1. The Labute approximate surface area is 105 Å². The van der Waals surface area contributed by atoms with Crippen molar-refractivity contribution in [2.75, 3.05) is 0 Å². The van der Waals surface area contributed by atoms with Gasteiger partial charge in [-0.2, -0.15) is 0 Å². The summed E-state index contributed by atoms with van der Waals surface area (Å²) in [6.45, 7) is 1.90. The normalized spacial score (nSPS) is 9.83. The molecule has 0 atom stereocenters. The van der Waals surface area contributed by atoms with Gasteiger partial charge in [0, 0.05) is 0 Å². The van der Waals surface area contributed by atoms with Crippen LogP contribution in [0.4, 0.5) is 0 Å². The van der Waals surface area contributed by atoms with Crippen molar-refractivity contribution in [3.63, 3.8) is 0 Å². The maximum atomic E-state index is 11.9. The van der Waals surface area contributed by atoms with Crippen molar-refractivity contribution in [3.05, 3.63) is 65.2 Å². The van der Waals surface area contributed by atoms with Gasteiger partial charge in [-0.1, -0.05) is 29.8 Å². The fourth-order valence-corrected chi connectivity index (χ4v) is 1.60. The molecule has 0 fully saturated rings. The van der Waals surface area contributed by atoms with Crippen LogP contribution in [0.3, 0.4) is 0 Å². The molecular formula is C15H12O3. The van der Waals surface area contributed by atoms with E-state index in [0.29, 0.717) is 17.4 Å². The molecule has 0 saturated carbocycles. The van der Waals surface area contributed by atoms with E-state index < -0.39 is 5.97 Å². The van der Waals surface area contributed by atoms with Crippen LogP contribution >= 0.6 is 0 Å². The van der Waals surface area contributed by atoms with Gasteiger partial charge in [-0.25, -0.2) is 4.79 Å². The van der Waals surface area contributed by atoms with Crippen LogP contribution in [0.5, 0.6) is 5.75 Å². The molecule has 2 aromatic rings. The highest BCUT2D eigenvalue weighted by Gasteiger charge is 2.10. The third-order valence-electron chi connectivity index (χ3n) is 2.50. The Bertz CT molecular complexity index is 588. The third kappa shape index (κ3) is 2.63. The van der Waals surface area contributed by atoms with Crippen molar-refractivity contribution in [2.45, 2.75) is 6.92 Å². The highest BCUT2D eigenvalue weighted by atomic mass is 16.5. The van der Waals surface area contributed by atoms with E-state index in [-0.39, 0.29) is 5.75 Å². The molecule has 0 spiro atoms. The maximum absolute atomic E-state index is 11.9. The van der Waals surface area contributed by atoms with E-state index in [1.54, 1.807) is 42.5 Å². The van der Waals surface area contributed by atoms with Crippen molar-refractivity contribution in [3.8, 4) is 5.75 Å². The van der Waals surface area contributed by atoms with Crippen molar-refractivity contribution in [2.24, 2.45) is 0 Å². The highest BCUT2D eigenvalue weighted by Crippen LogP contribution is 2.17. The first kappa shape index (κ1) is 12.0. The minimum absolute atomic E-state index is 0.277. The summed E-state index contributed by atoms with van der Waals surface area (Å²) >= 11 is 0. The standard InChI is InChI=1S/C15H12O3/c1-11-5-4-7-12(9-11)15(17)18-14-8-3-2-6-13(14)10-16/h2-10H,1H3. The summed E-state index contributed by atoms with van der Waals surface area (Å²) in [6.07, 6.45) is 0.666. The summed E-state index contributed by atoms with van der Waals surface area (Å²) in [7, 11) is 0. The van der Waals surface area contributed by atoms with Crippen molar-refractivity contribution >= 4 is 12.3 Å². The molecule has 0 aliphatic carbocycles. The van der Waals surface area contributed by atoms with E-state index >= 15 is 0 Å². The van der Waals surface area contributed by atoms with Gasteiger partial charge in [0.2, 0.25) is 0 Å². The first-order valence-electron chi connectivity index (χ1n) is 5.54. The summed E-state index contributed by atoms with van der Waals surface area (Å²) in [5.74, 6) is -0.188. The molecule has 0 saturated heterocycles. The number of carbonyl (C=O) groups is 2. The molecule has 0 aliphatic heterocycles. The molecule has 0 unspecified atom stereocenters. The first-order valence-corrected chi connectivity index (χ1v) is 5.54. The fraction of sp³-hybridized carbons (Fsp3) is 0.0667. The van der Waals surface area contributed by atoms with Crippen LogP contribution < -0.4 is 4.74 Å². The summed E-state index contributed by atoms with van der Waals surface area (Å²) in [6, 6.07) is 13.7. The number of carbonyl (C=O) groups excluding carboxylic acids is 2. The monoisotopic (exact) mass is 240 g/mol. The molecule has 0 amide bonds. The molecule has 2 aromatic carbocycles. The lowest BCUT2D eigenvalue weighted by Crippen LogP contribution is -2.09. The average Bonchev–Trinajstić information content (AvgIpc) is 2.39. The summed E-state index contributed by atoms with van der Waals surface area (Å²) in [5, 5.41) is 0. The molecule has 90 valence electrons. The number of hydrogen-bond donors (Lipinski definition) is 0. The highest BCUT2D eigenvalue weighted by molar-refractivity contribution is 5.92. The van der Waals surface area contributed by atoms with Crippen LogP contribution in [0.2, 0.25) is 0 Å². The van der Waals surface area contributed by atoms with E-state index in [9.17, 15) is 9.59 Å². The van der Waals surface area contributed by atoms with E-state index in [4.69, 9.17) is 4.74 Å². The second-order valence-corrected chi connectivity index (χ2v) is 3.91. The number of benzene rings is 2. The van der Waals surface area contributed by atoms with Crippen LogP contribution in [0.25, 0.3) is 0 Å². The molecule has 0 aromatic heterocycles. The van der Waals surface area contributed by atoms with Crippen LogP contribution in [-0.4, -0.2) is 12.3 Å². The van der Waals surface area contributed by atoms with Crippen molar-refractivity contribution < 1.29 is 14.3 Å². The minimum Gasteiger partial charge on any atom is -0.422 e. The largest absolute Gasteiger partial charge is 0.422 e. The van der Waals surface area contributed by atoms with Gasteiger partial charge in [0.25, 0.3) is 0 Å². The fourth-order valence-electron chi connectivity index (χ4n) is 1.60. The number of para-hydroxylation sites is 1. The van der Waals surface area contributed by atoms with E-state index in [1.807, 2.05) is 13.0 Å². The molecule has 0 N–H and O–H groups in total. The summed E-state index contributed by atoms with van der Waals surface area (Å²) in [5.41, 5.74) is 1.81. The Morgan fingerprint density at radius 1 is 1.11 bits per heavy atom. The lowest BCUT2D eigenvalue weighted by atomic mass is 10.1. The number of aldehydes is 1. The maximum Gasteiger partial charge on any atom is 0.343 e. The number of hydrogen-bond acceptors (Lipinski definition) is 3. The molecule has 0 radical (unpaired) electrons. The first-order chi connectivity index (χ1) is 8.70. The third-order valence-corrected chi connectivity index (χ3v) is 2.50. The van der Waals surface area contributed by atoms with Crippen LogP contribution in [0, 0.1) is 6.92 Å². The van der Waals surface area contributed by atoms with Crippen LogP contribution in [0.1, 0.15) is 26.3 Å². The number of ether oxygens (including phenoxy) is 1. The van der Waals surface area contributed by atoms with Gasteiger partial charge in [-0.05, 0) is 31.2 Å². The van der Waals surface area contributed by atoms with Gasteiger partial charge >= 0.3 is 5.97 Å². The Morgan fingerprint density at radius 2 is 1.89 bits per heavy atom. The van der Waals surface area contributed by atoms with E-state index in [2.05, 4.69) is 0 Å². The van der Waals surface area contributed by atoms with Crippen LogP contribution in [0.15, 0.2) is 48.5 Å². The predicted octanol–water partition coefficient (Wildman–Crippen LogP) is 3.03. The zero-order valence-corrected chi connectivity index (χ0v) is 9.92. The summed E-state index contributed by atoms with van der Waals surface area (Å²) in [4.78, 5) is 22.7. The van der Waals surface area contributed by atoms with Crippen molar-refractivity contribution in [1.82, 2.24) is 0 Å². The molecule has 0 bridgehead atoms. The minimum atomic E-state index is -0.465. The Kier molecular flexibility index (Phi) is 3.53. The van der Waals surface area contributed by atoms with Gasteiger partial charge in [-0.15, -0.1) is 0 Å². The molecular weight excluding hydrogens is 228 g/mol. The van der Waals surface area contributed by atoms with Crippen molar-refractivity contribution in [1.29, 1.82) is 0 Å². The van der Waals surface area contributed by atoms with Crippen LogP contribution in [-0.2, 0) is 0 Å². The second kappa shape index (κ2) is 5.27. The van der Waals surface area contributed by atoms with Gasteiger partial charge in [0.05, 0.1) is 11.1 Å². The average molecular weight is 240 g/mol. The zero-order valence-electron chi connectivity index (χ0n) is 9.92. The number of rotatable bonds is 3. The van der Waals surface area contributed by atoms with E-state index in [1.165, 1.54) is 0 Å². The topological polar surface area (TPSA) is 43.4 Å². The Balaban J connectivity index is 2.24. The van der Waals surface area contributed by atoms with E-state index in [0.717, 1.165) is 5.56 Å². The van der Waals surface area contributed by atoms with Gasteiger partial charge < -0.3 is 4.74 Å². The molecule has 18 heavy (non-hydrogen) atoms.